The zero-order valence-corrected chi connectivity index (χ0v) is 16.8. The van der Waals surface area contributed by atoms with Crippen LogP contribution in [0.2, 0.25) is 0 Å². The van der Waals surface area contributed by atoms with Gasteiger partial charge in [-0.25, -0.2) is 13.8 Å². The molecule has 144 valence electrons. The van der Waals surface area contributed by atoms with Crippen LogP contribution in [0, 0.1) is 39.3 Å². The molecule has 3 aromatic carbocycles. The molecule has 0 radical (unpaired) electrons. The van der Waals surface area contributed by atoms with E-state index in [0.29, 0.717) is 16.4 Å². The summed E-state index contributed by atoms with van der Waals surface area (Å²) in [6, 6.07) is 13.0. The van der Waals surface area contributed by atoms with Gasteiger partial charge in [-0.2, -0.15) is 0 Å². The molecule has 2 nitrogen and oxygen atoms in total. The number of aryl methyl sites for hydroxylation is 4. The number of benzene rings is 3. The molecule has 0 aliphatic heterocycles. The van der Waals surface area contributed by atoms with Crippen LogP contribution >= 0.6 is 0 Å². The lowest BCUT2D eigenvalue weighted by molar-refractivity contribution is 0.517. The highest BCUT2D eigenvalue weighted by Gasteiger charge is 2.20. The van der Waals surface area contributed by atoms with Crippen LogP contribution in [0.1, 0.15) is 22.3 Å². The van der Waals surface area contributed by atoms with E-state index in [-0.39, 0.29) is 5.39 Å². The zero-order valence-electron chi connectivity index (χ0n) is 16.8. The minimum Gasteiger partial charge on any atom is -0.292 e. The first-order valence-electron chi connectivity index (χ1n) is 9.63. The molecule has 5 aromatic rings. The molecule has 0 atom stereocenters. The average molecular weight is 386 g/mol. The van der Waals surface area contributed by atoms with E-state index in [1.54, 1.807) is 6.07 Å². The van der Waals surface area contributed by atoms with Crippen molar-refractivity contribution >= 4 is 27.3 Å². The third-order valence-corrected chi connectivity index (χ3v) is 5.96. The van der Waals surface area contributed by atoms with Gasteiger partial charge in [-0.05, 0) is 74.2 Å². The molecule has 4 heteroatoms. The van der Waals surface area contributed by atoms with Crippen molar-refractivity contribution in [2.75, 3.05) is 0 Å². The van der Waals surface area contributed by atoms with Crippen molar-refractivity contribution < 1.29 is 8.78 Å². The van der Waals surface area contributed by atoms with E-state index in [9.17, 15) is 8.78 Å². The summed E-state index contributed by atoms with van der Waals surface area (Å²) >= 11 is 0. The van der Waals surface area contributed by atoms with Crippen LogP contribution in [-0.4, -0.2) is 9.38 Å². The number of hydrogen-bond acceptors (Lipinski definition) is 1. The van der Waals surface area contributed by atoms with Crippen molar-refractivity contribution in [1.82, 2.24) is 9.38 Å². The van der Waals surface area contributed by atoms with Crippen molar-refractivity contribution in [3.8, 4) is 11.3 Å². The van der Waals surface area contributed by atoms with Crippen molar-refractivity contribution in [2.24, 2.45) is 0 Å². The normalized spacial score (nSPS) is 11.8. The van der Waals surface area contributed by atoms with Gasteiger partial charge in [0.15, 0.2) is 11.6 Å². The lowest BCUT2D eigenvalue weighted by Gasteiger charge is -2.15. The Morgan fingerprint density at radius 1 is 0.793 bits per heavy atom. The Balaban J connectivity index is 2.09. The fourth-order valence-corrected chi connectivity index (χ4v) is 4.37. The van der Waals surface area contributed by atoms with E-state index < -0.39 is 11.6 Å². The second-order valence-electron chi connectivity index (χ2n) is 7.81. The first-order chi connectivity index (χ1) is 13.9. The van der Waals surface area contributed by atoms with Gasteiger partial charge in [-0.1, -0.05) is 18.2 Å². The largest absolute Gasteiger partial charge is 0.292 e. The molecule has 2 heterocycles. The van der Waals surface area contributed by atoms with Crippen LogP contribution in [-0.2, 0) is 0 Å². The third-order valence-electron chi connectivity index (χ3n) is 5.96. The number of imidazole rings is 1. The minimum absolute atomic E-state index is 0.286. The Morgan fingerprint density at radius 3 is 2.21 bits per heavy atom. The molecule has 0 N–H and O–H groups in total. The monoisotopic (exact) mass is 386 g/mol. The van der Waals surface area contributed by atoms with Gasteiger partial charge in [0.2, 0.25) is 0 Å². The summed E-state index contributed by atoms with van der Waals surface area (Å²) in [5, 5.41) is 1.59. The van der Waals surface area contributed by atoms with Crippen LogP contribution < -0.4 is 0 Å². The maximum absolute atomic E-state index is 14.9. The number of rotatable bonds is 1. The van der Waals surface area contributed by atoms with E-state index in [0.717, 1.165) is 39.0 Å². The SMILES string of the molecule is Cc1cc2c3c(F)c(F)ccc3c3ncc(-c4c(C)cccc4C)n3c2cc1C. The molecule has 29 heavy (non-hydrogen) atoms. The van der Waals surface area contributed by atoms with E-state index in [1.807, 2.05) is 38.2 Å². The van der Waals surface area contributed by atoms with Crippen LogP contribution in [0.4, 0.5) is 8.78 Å². The number of halogens is 2. The van der Waals surface area contributed by atoms with Gasteiger partial charge in [0, 0.05) is 21.7 Å². The Hall–Kier alpha value is -3.27. The molecule has 0 saturated heterocycles. The van der Waals surface area contributed by atoms with Crippen molar-refractivity contribution in [3.05, 3.63) is 82.5 Å². The van der Waals surface area contributed by atoms with Crippen LogP contribution in [0.3, 0.4) is 0 Å². The quantitative estimate of drug-likeness (QED) is 0.289. The van der Waals surface area contributed by atoms with Gasteiger partial charge in [0.1, 0.15) is 5.65 Å². The van der Waals surface area contributed by atoms with Gasteiger partial charge in [-0.15, -0.1) is 0 Å². The molecule has 2 aromatic heterocycles. The highest BCUT2D eigenvalue weighted by atomic mass is 19.2. The Bertz CT molecular complexity index is 1440. The number of aromatic nitrogens is 2. The molecule has 0 bridgehead atoms. The lowest BCUT2D eigenvalue weighted by Crippen LogP contribution is -1.99. The Kier molecular flexibility index (Phi) is 3.75. The van der Waals surface area contributed by atoms with Crippen LogP contribution in [0.25, 0.3) is 38.6 Å². The van der Waals surface area contributed by atoms with E-state index in [4.69, 9.17) is 0 Å². The number of nitrogens with zero attached hydrogens (tertiary/aromatic N) is 2. The smallest absolute Gasteiger partial charge is 0.167 e. The molecule has 0 unspecified atom stereocenters. The highest BCUT2D eigenvalue weighted by Crippen LogP contribution is 2.37. The predicted octanol–water partition coefficient (Wildman–Crippen LogP) is 6.82. The minimum atomic E-state index is -0.845. The van der Waals surface area contributed by atoms with E-state index >= 15 is 0 Å². The van der Waals surface area contributed by atoms with E-state index in [1.165, 1.54) is 6.07 Å². The van der Waals surface area contributed by atoms with Crippen LogP contribution in [0.15, 0.2) is 48.7 Å². The molecular weight excluding hydrogens is 366 g/mol. The topological polar surface area (TPSA) is 17.3 Å². The fraction of sp³-hybridized carbons (Fsp3) is 0.160. The fourth-order valence-electron chi connectivity index (χ4n) is 4.37. The summed E-state index contributed by atoms with van der Waals surface area (Å²) in [6.07, 6.45) is 1.83. The van der Waals surface area contributed by atoms with Crippen LogP contribution in [0.5, 0.6) is 0 Å². The van der Waals surface area contributed by atoms with Crippen molar-refractivity contribution in [1.29, 1.82) is 0 Å². The van der Waals surface area contributed by atoms with Gasteiger partial charge >= 0.3 is 0 Å². The Morgan fingerprint density at radius 2 is 1.48 bits per heavy atom. The molecular formula is C25H20F2N2. The molecule has 0 amide bonds. The molecule has 0 aliphatic rings. The second kappa shape index (κ2) is 6.11. The van der Waals surface area contributed by atoms with Gasteiger partial charge in [-0.3, -0.25) is 4.40 Å². The van der Waals surface area contributed by atoms with Gasteiger partial charge < -0.3 is 0 Å². The summed E-state index contributed by atoms with van der Waals surface area (Å²) in [5.74, 6) is -1.67. The number of hydrogen-bond donors (Lipinski definition) is 0. The first kappa shape index (κ1) is 17.8. The highest BCUT2D eigenvalue weighted by molar-refractivity contribution is 6.13. The van der Waals surface area contributed by atoms with Gasteiger partial charge in [0.05, 0.1) is 17.4 Å². The standard InChI is InChI=1S/C25H20F2N2/c1-13-6-5-7-14(2)22(13)21-12-28-25-17-8-9-19(26)24(27)23(17)18-10-15(3)16(4)11-20(18)29(21)25/h5-12H,1-4H3. The predicted molar refractivity (Wildman–Crippen MR) is 115 cm³/mol. The maximum atomic E-state index is 14.9. The number of fused-ring (bicyclic) bond motifs is 6. The summed E-state index contributed by atoms with van der Waals surface area (Å²) in [5.41, 5.74) is 7.95. The number of pyridine rings is 1. The Labute approximate surface area is 167 Å². The molecule has 0 aliphatic carbocycles. The molecule has 0 fully saturated rings. The molecule has 0 spiro atoms. The summed E-state index contributed by atoms with van der Waals surface area (Å²) in [6.45, 7) is 8.18. The summed E-state index contributed by atoms with van der Waals surface area (Å²) in [4.78, 5) is 4.65. The molecule has 0 saturated carbocycles. The third kappa shape index (κ3) is 2.42. The summed E-state index contributed by atoms with van der Waals surface area (Å²) < 4.78 is 31.1. The summed E-state index contributed by atoms with van der Waals surface area (Å²) in [7, 11) is 0. The lowest BCUT2D eigenvalue weighted by atomic mass is 9.98. The zero-order chi connectivity index (χ0) is 20.4. The van der Waals surface area contributed by atoms with Crippen molar-refractivity contribution in [3.63, 3.8) is 0 Å². The maximum Gasteiger partial charge on any atom is 0.167 e. The first-order valence-corrected chi connectivity index (χ1v) is 9.63. The van der Waals surface area contributed by atoms with Gasteiger partial charge in [0.25, 0.3) is 0 Å². The van der Waals surface area contributed by atoms with Crippen molar-refractivity contribution in [2.45, 2.75) is 27.7 Å². The molecule has 5 rings (SSSR count). The average Bonchev–Trinajstić information content (AvgIpc) is 3.10. The van der Waals surface area contributed by atoms with E-state index in [2.05, 4.69) is 35.4 Å². The second-order valence-corrected chi connectivity index (χ2v) is 7.81.